The number of hydrogen-bond acceptors (Lipinski definition) is 3. The van der Waals surface area contributed by atoms with Gasteiger partial charge in [0.2, 0.25) is 0 Å². The van der Waals surface area contributed by atoms with Crippen LogP contribution >= 0.6 is 0 Å². The second-order valence-electron chi connectivity index (χ2n) is 7.01. The lowest BCUT2D eigenvalue weighted by Gasteiger charge is -2.20. The van der Waals surface area contributed by atoms with Crippen LogP contribution in [0.1, 0.15) is 43.7 Å². The van der Waals surface area contributed by atoms with Crippen molar-refractivity contribution in [1.29, 1.82) is 0 Å². The summed E-state index contributed by atoms with van der Waals surface area (Å²) in [6, 6.07) is 13.5. The first-order chi connectivity index (χ1) is 12.5. The Morgan fingerprint density at radius 3 is 2.19 bits per heavy atom. The molecule has 0 aromatic heterocycles. The van der Waals surface area contributed by atoms with Gasteiger partial charge < -0.3 is 20.1 Å². The summed E-state index contributed by atoms with van der Waals surface area (Å²) in [5.74, 6) is 1.82. The molecular weight excluding hydrogens is 328 g/mol. The van der Waals surface area contributed by atoms with E-state index >= 15 is 0 Å². The smallest absolute Gasteiger partial charge is 0.319 e. The van der Waals surface area contributed by atoms with E-state index in [2.05, 4.69) is 24.5 Å². The Bertz CT molecular complexity index is 780. The molecule has 0 radical (unpaired) electrons. The summed E-state index contributed by atoms with van der Waals surface area (Å²) in [6.07, 6.45) is 1.81. The van der Waals surface area contributed by atoms with Gasteiger partial charge >= 0.3 is 6.03 Å². The first-order valence-corrected chi connectivity index (χ1v) is 8.89. The molecule has 26 heavy (non-hydrogen) atoms. The molecule has 0 heterocycles. The number of hydrogen-bond donors (Lipinski definition) is 2. The monoisotopic (exact) mass is 354 g/mol. The number of carbonyl (C=O) groups is 1. The Labute approximate surface area is 154 Å². The summed E-state index contributed by atoms with van der Waals surface area (Å²) in [7, 11) is 3.23. The molecule has 0 bridgehead atoms. The highest BCUT2D eigenvalue weighted by Gasteiger charge is 2.46. The van der Waals surface area contributed by atoms with Crippen molar-refractivity contribution in [3.8, 4) is 11.5 Å². The molecule has 2 aromatic rings. The summed E-state index contributed by atoms with van der Waals surface area (Å²) in [5, 5.41) is 6.03. The Hall–Kier alpha value is -2.69. The second-order valence-corrected chi connectivity index (χ2v) is 7.01. The van der Waals surface area contributed by atoms with Gasteiger partial charge in [0, 0.05) is 5.69 Å². The fourth-order valence-electron chi connectivity index (χ4n) is 3.08. The topological polar surface area (TPSA) is 59.6 Å². The van der Waals surface area contributed by atoms with Crippen LogP contribution in [-0.2, 0) is 5.54 Å². The number of rotatable bonds is 6. The zero-order valence-electron chi connectivity index (χ0n) is 15.8. The van der Waals surface area contributed by atoms with Crippen molar-refractivity contribution < 1.29 is 14.3 Å². The molecule has 0 spiro atoms. The van der Waals surface area contributed by atoms with Gasteiger partial charge in [-0.3, -0.25) is 0 Å². The summed E-state index contributed by atoms with van der Waals surface area (Å²) in [6.45, 7) is 4.30. The molecule has 0 unspecified atom stereocenters. The van der Waals surface area contributed by atoms with E-state index in [9.17, 15) is 4.79 Å². The first kappa shape index (κ1) is 18.1. The second kappa shape index (κ2) is 7.28. The largest absolute Gasteiger partial charge is 0.493 e. The average Bonchev–Trinajstić information content (AvgIpc) is 3.42. The summed E-state index contributed by atoms with van der Waals surface area (Å²) in [4.78, 5) is 12.5. The fraction of sp³-hybridized carbons (Fsp3) is 0.381. The van der Waals surface area contributed by atoms with Crippen molar-refractivity contribution in [2.75, 3.05) is 19.5 Å². The van der Waals surface area contributed by atoms with Gasteiger partial charge in [0.1, 0.15) is 0 Å². The third-order valence-electron chi connectivity index (χ3n) is 4.87. The molecule has 5 nitrogen and oxygen atoms in total. The van der Waals surface area contributed by atoms with Crippen LogP contribution in [0.5, 0.6) is 11.5 Å². The SMILES string of the molecule is COc1ccc(C2(NC(=O)Nc3ccc(C(C)C)cc3)CC2)cc1OC. The Morgan fingerprint density at radius 1 is 1.00 bits per heavy atom. The van der Waals surface area contributed by atoms with Gasteiger partial charge in [-0.25, -0.2) is 4.79 Å². The van der Waals surface area contributed by atoms with Crippen molar-refractivity contribution in [2.45, 2.75) is 38.1 Å². The van der Waals surface area contributed by atoms with Crippen LogP contribution in [0.25, 0.3) is 0 Å². The third-order valence-corrected chi connectivity index (χ3v) is 4.87. The molecule has 2 amide bonds. The molecule has 0 atom stereocenters. The van der Waals surface area contributed by atoms with Crippen molar-refractivity contribution in [3.05, 3.63) is 53.6 Å². The molecule has 138 valence electrons. The minimum atomic E-state index is -0.332. The molecule has 1 saturated carbocycles. The zero-order valence-corrected chi connectivity index (χ0v) is 15.8. The van der Waals surface area contributed by atoms with Crippen LogP contribution in [0.4, 0.5) is 10.5 Å². The molecule has 0 saturated heterocycles. The van der Waals surface area contributed by atoms with Gasteiger partial charge in [0.25, 0.3) is 0 Å². The van der Waals surface area contributed by atoms with Crippen LogP contribution in [0.2, 0.25) is 0 Å². The quantitative estimate of drug-likeness (QED) is 0.794. The van der Waals surface area contributed by atoms with E-state index in [1.54, 1.807) is 14.2 Å². The molecule has 1 fully saturated rings. The van der Waals surface area contributed by atoms with Crippen molar-refractivity contribution in [1.82, 2.24) is 5.32 Å². The van der Waals surface area contributed by atoms with Gasteiger partial charge in [-0.1, -0.05) is 32.0 Å². The van der Waals surface area contributed by atoms with E-state index in [4.69, 9.17) is 9.47 Å². The minimum absolute atomic E-state index is 0.199. The van der Waals surface area contributed by atoms with Crippen LogP contribution in [0, 0.1) is 0 Å². The number of nitrogens with one attached hydrogen (secondary N) is 2. The molecule has 2 aromatic carbocycles. The Kier molecular flexibility index (Phi) is 5.07. The van der Waals surface area contributed by atoms with E-state index in [0.717, 1.165) is 24.1 Å². The maximum Gasteiger partial charge on any atom is 0.319 e. The van der Waals surface area contributed by atoms with E-state index in [-0.39, 0.29) is 11.6 Å². The molecule has 1 aliphatic rings. The summed E-state index contributed by atoms with van der Waals surface area (Å²) >= 11 is 0. The van der Waals surface area contributed by atoms with E-state index < -0.39 is 0 Å². The lowest BCUT2D eigenvalue weighted by Crippen LogP contribution is -2.38. The maximum atomic E-state index is 12.5. The predicted octanol–water partition coefficient (Wildman–Crippen LogP) is 4.64. The Balaban J connectivity index is 1.69. The van der Waals surface area contributed by atoms with Gasteiger partial charge in [0.05, 0.1) is 19.8 Å². The van der Waals surface area contributed by atoms with Crippen LogP contribution in [0.15, 0.2) is 42.5 Å². The van der Waals surface area contributed by atoms with Crippen LogP contribution in [0.3, 0.4) is 0 Å². The molecule has 0 aliphatic heterocycles. The maximum absolute atomic E-state index is 12.5. The highest BCUT2D eigenvalue weighted by Crippen LogP contribution is 2.47. The Morgan fingerprint density at radius 2 is 1.65 bits per heavy atom. The summed E-state index contributed by atoms with van der Waals surface area (Å²) in [5.41, 5.74) is 2.73. The normalized spacial score (nSPS) is 14.7. The standard InChI is InChI=1S/C21H26N2O3/c1-14(2)15-5-8-17(9-6-15)22-20(24)23-21(11-12-21)16-7-10-18(25-3)19(13-16)26-4/h5-10,13-14H,11-12H2,1-4H3,(H2,22,23,24). The van der Waals surface area contributed by atoms with Crippen LogP contribution < -0.4 is 20.1 Å². The van der Waals surface area contributed by atoms with Crippen molar-refractivity contribution >= 4 is 11.7 Å². The highest BCUT2D eigenvalue weighted by atomic mass is 16.5. The predicted molar refractivity (Wildman–Crippen MR) is 103 cm³/mol. The number of urea groups is 1. The summed E-state index contributed by atoms with van der Waals surface area (Å²) < 4.78 is 10.7. The molecular formula is C21H26N2O3. The molecule has 5 heteroatoms. The van der Waals surface area contributed by atoms with Crippen molar-refractivity contribution in [3.63, 3.8) is 0 Å². The van der Waals surface area contributed by atoms with Gasteiger partial charge in [-0.2, -0.15) is 0 Å². The number of methoxy groups -OCH3 is 2. The first-order valence-electron chi connectivity index (χ1n) is 8.89. The third kappa shape index (κ3) is 3.77. The minimum Gasteiger partial charge on any atom is -0.493 e. The number of amides is 2. The zero-order chi connectivity index (χ0) is 18.7. The highest BCUT2D eigenvalue weighted by molar-refractivity contribution is 5.90. The molecule has 2 N–H and O–H groups in total. The molecule has 1 aliphatic carbocycles. The number of benzene rings is 2. The lowest BCUT2D eigenvalue weighted by molar-refractivity contribution is 0.247. The molecule has 3 rings (SSSR count). The van der Waals surface area contributed by atoms with Crippen molar-refractivity contribution in [2.24, 2.45) is 0 Å². The average molecular weight is 354 g/mol. The number of ether oxygens (including phenoxy) is 2. The van der Waals surface area contributed by atoms with Gasteiger partial charge in [-0.05, 0) is 54.2 Å². The van der Waals surface area contributed by atoms with Gasteiger partial charge in [-0.15, -0.1) is 0 Å². The number of anilines is 1. The lowest BCUT2D eigenvalue weighted by atomic mass is 10.0. The van der Waals surface area contributed by atoms with Gasteiger partial charge in [0.15, 0.2) is 11.5 Å². The number of carbonyl (C=O) groups excluding carboxylic acids is 1. The van der Waals surface area contributed by atoms with E-state index in [0.29, 0.717) is 17.4 Å². The fourth-order valence-corrected chi connectivity index (χ4v) is 3.08. The van der Waals surface area contributed by atoms with E-state index in [1.165, 1.54) is 5.56 Å². The van der Waals surface area contributed by atoms with Crippen LogP contribution in [-0.4, -0.2) is 20.3 Å². The van der Waals surface area contributed by atoms with E-state index in [1.807, 2.05) is 42.5 Å².